The maximum atomic E-state index is 13.0. The van der Waals surface area contributed by atoms with Crippen molar-refractivity contribution in [3.63, 3.8) is 0 Å². The lowest BCUT2D eigenvalue weighted by molar-refractivity contribution is -0.181. The largest absolute Gasteiger partial charge is 0.479 e. The molecule has 1 aliphatic rings. The molecule has 0 aromatic heterocycles. The van der Waals surface area contributed by atoms with Gasteiger partial charge >= 0.3 is 5.97 Å². The summed E-state index contributed by atoms with van der Waals surface area (Å²) in [5, 5.41) is 8.94. The van der Waals surface area contributed by atoms with Crippen molar-refractivity contribution in [3.05, 3.63) is 35.6 Å². The fourth-order valence-corrected chi connectivity index (χ4v) is 1.68. The van der Waals surface area contributed by atoms with Crippen LogP contribution in [-0.2, 0) is 14.3 Å². The summed E-state index contributed by atoms with van der Waals surface area (Å²) in [5.41, 5.74) is 0.479. The van der Waals surface area contributed by atoms with Gasteiger partial charge in [-0.3, -0.25) is 0 Å². The second-order valence-electron chi connectivity index (χ2n) is 3.48. The minimum absolute atomic E-state index is 0.239. The van der Waals surface area contributed by atoms with Crippen LogP contribution >= 0.6 is 0 Å². The third-order valence-corrected chi connectivity index (χ3v) is 2.37. The van der Waals surface area contributed by atoms with Gasteiger partial charge in [0.25, 0.3) is 0 Å². The molecule has 1 aromatic rings. The van der Waals surface area contributed by atoms with Crippen molar-refractivity contribution in [3.8, 4) is 0 Å². The summed E-state index contributed by atoms with van der Waals surface area (Å²) in [4.78, 5) is 10.9. The number of ether oxygens (including phenoxy) is 2. The molecule has 16 heavy (non-hydrogen) atoms. The van der Waals surface area contributed by atoms with Gasteiger partial charge in [0.15, 0.2) is 6.10 Å². The molecule has 0 saturated carbocycles. The van der Waals surface area contributed by atoms with E-state index >= 15 is 0 Å². The van der Waals surface area contributed by atoms with Crippen molar-refractivity contribution in [2.45, 2.75) is 12.2 Å². The first kappa shape index (κ1) is 11.0. The standard InChI is InChI=1S/C11H11FO4/c12-8-3-1-2-7(6-8)9-10(11(13)14)16-5-4-15-9/h1-3,6,9-10H,4-5H2,(H,13,14)/t9-,10-/m1/s1. The second kappa shape index (κ2) is 4.59. The number of hydrogen-bond acceptors (Lipinski definition) is 3. The predicted molar refractivity (Wildman–Crippen MR) is 52.5 cm³/mol. The van der Waals surface area contributed by atoms with E-state index in [0.717, 1.165) is 0 Å². The lowest BCUT2D eigenvalue weighted by atomic mass is 10.0. The molecule has 0 unspecified atom stereocenters. The molecule has 2 rings (SSSR count). The maximum absolute atomic E-state index is 13.0. The van der Waals surface area contributed by atoms with Crippen LogP contribution in [0.3, 0.4) is 0 Å². The SMILES string of the molecule is O=C(O)[C@@H]1OCCO[C@@H]1c1cccc(F)c1. The zero-order valence-corrected chi connectivity index (χ0v) is 8.43. The van der Waals surface area contributed by atoms with Crippen LogP contribution in [0.25, 0.3) is 0 Å². The Balaban J connectivity index is 2.26. The van der Waals surface area contributed by atoms with Crippen LogP contribution in [0, 0.1) is 5.82 Å². The molecule has 4 nitrogen and oxygen atoms in total. The number of carboxylic acids is 1. The van der Waals surface area contributed by atoms with E-state index in [1.165, 1.54) is 18.2 Å². The highest BCUT2D eigenvalue weighted by Gasteiger charge is 2.34. The molecule has 1 aliphatic heterocycles. The Kier molecular flexibility index (Phi) is 3.17. The Morgan fingerprint density at radius 2 is 2.12 bits per heavy atom. The van der Waals surface area contributed by atoms with Gasteiger partial charge in [-0.15, -0.1) is 0 Å². The van der Waals surface area contributed by atoms with Gasteiger partial charge in [0, 0.05) is 0 Å². The number of hydrogen-bond donors (Lipinski definition) is 1. The van der Waals surface area contributed by atoms with Gasteiger partial charge in [-0.2, -0.15) is 0 Å². The number of benzene rings is 1. The highest BCUT2D eigenvalue weighted by molar-refractivity contribution is 5.73. The van der Waals surface area contributed by atoms with E-state index in [2.05, 4.69) is 0 Å². The van der Waals surface area contributed by atoms with Crippen molar-refractivity contribution in [1.29, 1.82) is 0 Å². The number of aliphatic carboxylic acids is 1. The summed E-state index contributed by atoms with van der Waals surface area (Å²) in [6, 6.07) is 5.69. The Labute approximate surface area is 91.6 Å². The fraction of sp³-hybridized carbons (Fsp3) is 0.364. The third-order valence-electron chi connectivity index (χ3n) is 2.37. The van der Waals surface area contributed by atoms with E-state index in [1.807, 2.05) is 0 Å². The molecule has 0 spiro atoms. The van der Waals surface area contributed by atoms with E-state index in [0.29, 0.717) is 12.2 Å². The van der Waals surface area contributed by atoms with E-state index in [9.17, 15) is 9.18 Å². The summed E-state index contributed by atoms with van der Waals surface area (Å²) in [6.07, 6.45) is -1.82. The van der Waals surface area contributed by atoms with Crippen LogP contribution in [-0.4, -0.2) is 30.4 Å². The molecule has 86 valence electrons. The lowest BCUT2D eigenvalue weighted by Crippen LogP contribution is -2.38. The van der Waals surface area contributed by atoms with Crippen molar-refractivity contribution in [1.82, 2.24) is 0 Å². The fourth-order valence-electron chi connectivity index (χ4n) is 1.68. The Hall–Kier alpha value is -1.46. The monoisotopic (exact) mass is 226 g/mol. The van der Waals surface area contributed by atoms with Gasteiger partial charge in [0.1, 0.15) is 11.9 Å². The molecular formula is C11H11FO4. The first-order valence-electron chi connectivity index (χ1n) is 4.90. The molecule has 5 heteroatoms. The molecule has 0 radical (unpaired) electrons. The van der Waals surface area contributed by atoms with Gasteiger partial charge in [0.05, 0.1) is 13.2 Å². The van der Waals surface area contributed by atoms with Crippen molar-refractivity contribution in [2.75, 3.05) is 13.2 Å². The molecule has 1 saturated heterocycles. The minimum Gasteiger partial charge on any atom is -0.479 e. The van der Waals surface area contributed by atoms with Crippen LogP contribution < -0.4 is 0 Å². The van der Waals surface area contributed by atoms with Crippen LogP contribution in [0.5, 0.6) is 0 Å². The van der Waals surface area contributed by atoms with Gasteiger partial charge < -0.3 is 14.6 Å². The molecule has 1 N–H and O–H groups in total. The summed E-state index contributed by atoms with van der Waals surface area (Å²) >= 11 is 0. The smallest absolute Gasteiger partial charge is 0.335 e. The zero-order chi connectivity index (χ0) is 11.5. The topological polar surface area (TPSA) is 55.8 Å². The van der Waals surface area contributed by atoms with Crippen LogP contribution in [0.1, 0.15) is 11.7 Å². The summed E-state index contributed by atoms with van der Waals surface area (Å²) in [7, 11) is 0. The number of carbonyl (C=O) groups is 1. The van der Waals surface area contributed by atoms with E-state index in [-0.39, 0.29) is 6.61 Å². The molecule has 0 amide bonds. The van der Waals surface area contributed by atoms with Gasteiger partial charge in [-0.25, -0.2) is 9.18 Å². The van der Waals surface area contributed by atoms with Gasteiger partial charge in [-0.05, 0) is 17.7 Å². The maximum Gasteiger partial charge on any atom is 0.335 e. The highest BCUT2D eigenvalue weighted by Crippen LogP contribution is 2.27. The van der Waals surface area contributed by atoms with Crippen LogP contribution in [0.2, 0.25) is 0 Å². The average Bonchev–Trinajstić information content (AvgIpc) is 2.29. The molecule has 1 fully saturated rings. The van der Waals surface area contributed by atoms with Crippen LogP contribution in [0.4, 0.5) is 4.39 Å². The third kappa shape index (κ3) is 2.20. The second-order valence-corrected chi connectivity index (χ2v) is 3.48. The number of rotatable bonds is 2. The summed E-state index contributed by atoms with van der Waals surface area (Å²) in [5.74, 6) is -1.52. The van der Waals surface area contributed by atoms with Crippen LogP contribution in [0.15, 0.2) is 24.3 Å². The Morgan fingerprint density at radius 3 is 2.81 bits per heavy atom. The molecule has 0 aliphatic carbocycles. The van der Waals surface area contributed by atoms with Crippen molar-refractivity contribution >= 4 is 5.97 Å². The summed E-state index contributed by atoms with van der Waals surface area (Å²) < 4.78 is 23.4. The predicted octanol–water partition coefficient (Wildman–Crippen LogP) is 1.37. The summed E-state index contributed by atoms with van der Waals surface area (Å²) in [6.45, 7) is 0.549. The van der Waals surface area contributed by atoms with E-state index in [4.69, 9.17) is 14.6 Å². The number of carboxylic acid groups (broad SMARTS) is 1. The lowest BCUT2D eigenvalue weighted by Gasteiger charge is -2.29. The Morgan fingerprint density at radius 1 is 1.38 bits per heavy atom. The molecule has 1 heterocycles. The van der Waals surface area contributed by atoms with Crippen molar-refractivity contribution in [2.24, 2.45) is 0 Å². The molecule has 0 bridgehead atoms. The van der Waals surface area contributed by atoms with E-state index < -0.39 is 24.0 Å². The molecular weight excluding hydrogens is 215 g/mol. The van der Waals surface area contributed by atoms with Gasteiger partial charge in [0.2, 0.25) is 0 Å². The van der Waals surface area contributed by atoms with Crippen molar-refractivity contribution < 1.29 is 23.8 Å². The van der Waals surface area contributed by atoms with E-state index in [1.54, 1.807) is 6.07 Å². The number of halogens is 1. The normalized spacial score (nSPS) is 25.3. The zero-order valence-electron chi connectivity index (χ0n) is 8.43. The Bertz CT molecular complexity index is 393. The molecule has 1 aromatic carbocycles. The molecule has 2 atom stereocenters. The first-order chi connectivity index (χ1) is 7.68. The highest BCUT2D eigenvalue weighted by atomic mass is 19.1. The quantitative estimate of drug-likeness (QED) is 0.827. The first-order valence-corrected chi connectivity index (χ1v) is 4.90. The van der Waals surface area contributed by atoms with Gasteiger partial charge in [-0.1, -0.05) is 12.1 Å². The minimum atomic E-state index is -1.10. The average molecular weight is 226 g/mol.